The van der Waals surface area contributed by atoms with Gasteiger partial charge in [0.05, 0.1) is 26.0 Å². The second-order valence-electron chi connectivity index (χ2n) is 8.63. The number of methoxy groups -OCH3 is 2. The molecule has 1 amide bonds. The van der Waals surface area contributed by atoms with Crippen molar-refractivity contribution in [3.05, 3.63) is 113 Å². The van der Waals surface area contributed by atoms with Gasteiger partial charge in [-0.05, 0) is 54.1 Å². The van der Waals surface area contributed by atoms with Crippen molar-refractivity contribution in [3.63, 3.8) is 0 Å². The lowest BCUT2D eigenvalue weighted by Crippen LogP contribution is -2.19. The summed E-state index contributed by atoms with van der Waals surface area (Å²) in [5.41, 5.74) is 6.09. The summed E-state index contributed by atoms with van der Waals surface area (Å²) in [6.07, 6.45) is 1.46. The fourth-order valence-electron chi connectivity index (χ4n) is 4.23. The highest BCUT2D eigenvalue weighted by Crippen LogP contribution is 2.36. The maximum Gasteiger partial charge on any atom is 0.343 e. The van der Waals surface area contributed by atoms with Crippen molar-refractivity contribution in [1.29, 1.82) is 0 Å². The summed E-state index contributed by atoms with van der Waals surface area (Å²) < 4.78 is 16.1. The van der Waals surface area contributed by atoms with Gasteiger partial charge in [-0.25, -0.2) is 10.2 Å². The van der Waals surface area contributed by atoms with Crippen molar-refractivity contribution in [3.8, 4) is 28.4 Å². The first kappa shape index (κ1) is 26.5. The number of nitrogens with zero attached hydrogens (tertiary/aromatic N) is 1. The molecule has 0 aliphatic carbocycles. The van der Waals surface area contributed by atoms with Gasteiger partial charge in [0.15, 0.2) is 11.5 Å². The van der Waals surface area contributed by atoms with Gasteiger partial charge in [-0.15, -0.1) is 0 Å². The first-order valence-electron chi connectivity index (χ1n) is 12.2. The van der Waals surface area contributed by atoms with Crippen molar-refractivity contribution >= 4 is 40.6 Å². The van der Waals surface area contributed by atoms with Crippen LogP contribution < -0.4 is 19.6 Å². The molecule has 0 fully saturated rings. The molecule has 9 heteroatoms. The zero-order chi connectivity index (χ0) is 28.1. The summed E-state index contributed by atoms with van der Waals surface area (Å²) in [6, 6.07) is 26.5. The number of fused-ring (bicyclic) bond motifs is 1. The monoisotopic (exact) mass is 553 g/mol. The number of para-hydroxylation sites is 1. The molecule has 200 valence electrons. The number of carbonyl (C=O) groups is 2. The number of amides is 1. The van der Waals surface area contributed by atoms with Crippen molar-refractivity contribution in [1.82, 2.24) is 10.4 Å². The van der Waals surface area contributed by atoms with Gasteiger partial charge >= 0.3 is 5.97 Å². The Hall–Kier alpha value is -5.08. The Bertz CT molecular complexity index is 1740. The lowest BCUT2D eigenvalue weighted by atomic mass is 10.0. The van der Waals surface area contributed by atoms with E-state index in [1.165, 1.54) is 20.4 Å². The molecule has 2 N–H and O–H groups in total. The first-order valence-corrected chi connectivity index (χ1v) is 12.6. The number of hydrazone groups is 1. The molecule has 40 heavy (non-hydrogen) atoms. The van der Waals surface area contributed by atoms with Crippen molar-refractivity contribution < 1.29 is 23.8 Å². The summed E-state index contributed by atoms with van der Waals surface area (Å²) >= 11 is 6.47. The summed E-state index contributed by atoms with van der Waals surface area (Å²) in [5.74, 6) is 0.111. The van der Waals surface area contributed by atoms with Gasteiger partial charge in [-0.1, -0.05) is 54.1 Å². The Morgan fingerprint density at radius 1 is 0.875 bits per heavy atom. The van der Waals surface area contributed by atoms with E-state index in [0.29, 0.717) is 38.9 Å². The van der Waals surface area contributed by atoms with Crippen LogP contribution in [0.25, 0.3) is 22.0 Å². The molecule has 5 aromatic rings. The van der Waals surface area contributed by atoms with Crippen LogP contribution in [0.15, 0.2) is 96.1 Å². The summed E-state index contributed by atoms with van der Waals surface area (Å²) in [6.45, 7) is 0. The Morgan fingerprint density at radius 2 is 1.68 bits per heavy atom. The SMILES string of the molecule is COc1cccc(C(=O)Oc2ccc(C=NNC(=O)c3[nH]c4ccccc4c3-c3ccccc3Cl)cc2OC)c1. The number of rotatable bonds is 8. The quantitative estimate of drug-likeness (QED) is 0.0989. The molecule has 8 nitrogen and oxygen atoms in total. The fraction of sp³-hybridized carbons (Fsp3) is 0.0645. The van der Waals surface area contributed by atoms with Crippen LogP contribution in [0.5, 0.6) is 17.2 Å². The average molecular weight is 554 g/mol. The molecule has 1 aromatic heterocycles. The maximum absolute atomic E-state index is 13.2. The zero-order valence-corrected chi connectivity index (χ0v) is 22.4. The number of nitrogens with one attached hydrogen (secondary N) is 2. The lowest BCUT2D eigenvalue weighted by molar-refractivity contribution is 0.0729. The summed E-state index contributed by atoms with van der Waals surface area (Å²) in [7, 11) is 2.99. The minimum atomic E-state index is -0.557. The highest BCUT2D eigenvalue weighted by Gasteiger charge is 2.20. The van der Waals surface area contributed by atoms with E-state index in [1.54, 1.807) is 48.5 Å². The molecule has 0 saturated carbocycles. The van der Waals surface area contributed by atoms with E-state index in [9.17, 15) is 9.59 Å². The van der Waals surface area contributed by atoms with Crippen molar-refractivity contribution in [2.75, 3.05) is 14.2 Å². The van der Waals surface area contributed by atoms with Gasteiger partial charge in [-0.2, -0.15) is 5.10 Å². The Labute approximate surface area is 235 Å². The van der Waals surface area contributed by atoms with Crippen LogP contribution in [0, 0.1) is 0 Å². The lowest BCUT2D eigenvalue weighted by Gasteiger charge is -2.10. The smallest absolute Gasteiger partial charge is 0.343 e. The van der Waals surface area contributed by atoms with Gasteiger partial charge in [-0.3, -0.25) is 4.79 Å². The fourth-order valence-corrected chi connectivity index (χ4v) is 4.47. The van der Waals surface area contributed by atoms with Gasteiger partial charge in [0, 0.05) is 27.1 Å². The number of aromatic nitrogens is 1. The van der Waals surface area contributed by atoms with E-state index in [-0.39, 0.29) is 5.75 Å². The molecule has 0 radical (unpaired) electrons. The van der Waals surface area contributed by atoms with Crippen LogP contribution in [0.2, 0.25) is 5.02 Å². The molecule has 0 bridgehead atoms. The number of H-pyrrole nitrogens is 1. The number of aromatic amines is 1. The molecular formula is C31H24ClN3O5. The largest absolute Gasteiger partial charge is 0.497 e. The Kier molecular flexibility index (Phi) is 7.80. The van der Waals surface area contributed by atoms with Crippen LogP contribution in [-0.2, 0) is 0 Å². The van der Waals surface area contributed by atoms with Crippen molar-refractivity contribution in [2.24, 2.45) is 5.10 Å². The molecule has 5 rings (SSSR count). The third-order valence-electron chi connectivity index (χ3n) is 6.15. The highest BCUT2D eigenvalue weighted by atomic mass is 35.5. The summed E-state index contributed by atoms with van der Waals surface area (Å²) in [4.78, 5) is 29.0. The Balaban J connectivity index is 1.34. The predicted octanol–water partition coefficient (Wildman–Crippen LogP) is 6.49. The van der Waals surface area contributed by atoms with Gasteiger partial charge in [0.1, 0.15) is 11.4 Å². The summed E-state index contributed by atoms with van der Waals surface area (Å²) in [5, 5.41) is 5.52. The van der Waals surface area contributed by atoms with Crippen LogP contribution in [0.3, 0.4) is 0 Å². The molecular weight excluding hydrogens is 530 g/mol. The number of ether oxygens (including phenoxy) is 3. The normalized spacial score (nSPS) is 11.0. The number of halogens is 1. The van der Waals surface area contributed by atoms with Crippen LogP contribution in [-0.4, -0.2) is 37.3 Å². The number of hydrogen-bond acceptors (Lipinski definition) is 6. The average Bonchev–Trinajstić information content (AvgIpc) is 3.37. The van der Waals surface area contributed by atoms with Gasteiger partial charge < -0.3 is 19.2 Å². The third-order valence-corrected chi connectivity index (χ3v) is 6.48. The van der Waals surface area contributed by atoms with Crippen molar-refractivity contribution in [2.45, 2.75) is 0 Å². The molecule has 4 aromatic carbocycles. The second-order valence-corrected chi connectivity index (χ2v) is 9.04. The van der Waals surface area contributed by atoms with E-state index >= 15 is 0 Å². The van der Waals surface area contributed by atoms with Gasteiger partial charge in [0.2, 0.25) is 0 Å². The molecule has 0 aliphatic heterocycles. The number of esters is 1. The Morgan fingerprint density at radius 3 is 2.48 bits per heavy atom. The topological polar surface area (TPSA) is 102 Å². The second kappa shape index (κ2) is 11.8. The van der Waals surface area contributed by atoms with E-state index in [0.717, 1.165) is 16.5 Å². The minimum absolute atomic E-state index is 0.235. The van der Waals surface area contributed by atoms with Crippen LogP contribution >= 0.6 is 11.6 Å². The van der Waals surface area contributed by atoms with Gasteiger partial charge in [0.25, 0.3) is 5.91 Å². The van der Waals surface area contributed by atoms with E-state index < -0.39 is 11.9 Å². The van der Waals surface area contributed by atoms with E-state index in [2.05, 4.69) is 15.5 Å². The van der Waals surface area contributed by atoms with E-state index in [1.807, 2.05) is 42.5 Å². The number of carbonyl (C=O) groups excluding carboxylic acids is 2. The molecule has 1 heterocycles. The molecule has 0 spiro atoms. The third kappa shape index (κ3) is 5.52. The van der Waals surface area contributed by atoms with Crippen LogP contribution in [0.1, 0.15) is 26.4 Å². The molecule has 0 aliphatic rings. The van der Waals surface area contributed by atoms with E-state index in [4.69, 9.17) is 25.8 Å². The molecule has 0 saturated heterocycles. The predicted molar refractivity (Wildman–Crippen MR) is 155 cm³/mol. The standard InChI is InChI=1S/C31H24ClN3O5/c1-38-21-9-7-8-20(17-21)31(37)40-26-15-14-19(16-27(26)39-2)18-33-35-30(36)29-28(22-10-3-5-12-24(22)32)23-11-4-6-13-25(23)34-29/h3-18,34H,1-2H3,(H,35,36). The number of hydrogen-bond donors (Lipinski definition) is 2. The highest BCUT2D eigenvalue weighted by molar-refractivity contribution is 6.34. The first-order chi connectivity index (χ1) is 19.5. The van der Waals surface area contributed by atoms with Crippen LogP contribution in [0.4, 0.5) is 0 Å². The molecule has 0 atom stereocenters. The number of benzene rings is 4. The zero-order valence-electron chi connectivity index (χ0n) is 21.6. The maximum atomic E-state index is 13.2. The molecule has 0 unspecified atom stereocenters. The minimum Gasteiger partial charge on any atom is -0.497 e.